The van der Waals surface area contributed by atoms with Gasteiger partial charge in [0, 0.05) is 31.4 Å². The lowest BCUT2D eigenvalue weighted by Crippen LogP contribution is -2.30. The molecule has 0 bridgehead atoms. The van der Waals surface area contributed by atoms with Crippen molar-refractivity contribution < 1.29 is 18.7 Å². The van der Waals surface area contributed by atoms with E-state index < -0.39 is 39.7 Å². The van der Waals surface area contributed by atoms with Crippen molar-refractivity contribution in [1.82, 2.24) is 4.57 Å². The van der Waals surface area contributed by atoms with E-state index in [1.54, 1.807) is 4.90 Å². The molecule has 1 aromatic carbocycles. The highest BCUT2D eigenvalue weighted by Crippen LogP contribution is 2.43. The molecule has 0 radical (unpaired) electrons. The predicted molar refractivity (Wildman–Crippen MR) is 104 cm³/mol. The quantitative estimate of drug-likeness (QED) is 0.535. The van der Waals surface area contributed by atoms with Crippen molar-refractivity contribution in [2.24, 2.45) is 5.73 Å². The molecule has 1 aliphatic heterocycles. The maximum atomic E-state index is 15.7. The first-order valence-electron chi connectivity index (χ1n) is 9.59. The van der Waals surface area contributed by atoms with Crippen LogP contribution in [0.1, 0.15) is 42.1 Å². The lowest BCUT2D eigenvalue weighted by Gasteiger charge is -2.25. The van der Waals surface area contributed by atoms with Crippen LogP contribution in [0.3, 0.4) is 0 Å². The minimum Gasteiger partial charge on any atom is -0.477 e. The number of rotatable bonds is 3. The Labute approximate surface area is 164 Å². The van der Waals surface area contributed by atoms with Crippen molar-refractivity contribution in [3.8, 4) is 0 Å². The van der Waals surface area contributed by atoms with Gasteiger partial charge in [-0.05, 0) is 36.8 Å². The Hall–Kier alpha value is -2.94. The van der Waals surface area contributed by atoms with Crippen LogP contribution in [0.4, 0.5) is 20.2 Å². The highest BCUT2D eigenvalue weighted by molar-refractivity contribution is 6.00. The number of aromatic carboxylic acids is 1. The summed E-state index contributed by atoms with van der Waals surface area (Å²) in [6.45, 7) is 0.679. The van der Waals surface area contributed by atoms with E-state index in [1.807, 2.05) is 0 Å². The Bertz CT molecular complexity index is 1180. The van der Waals surface area contributed by atoms with Crippen LogP contribution in [0.25, 0.3) is 10.9 Å². The second kappa shape index (κ2) is 6.03. The average molecular weight is 402 g/mol. The summed E-state index contributed by atoms with van der Waals surface area (Å²) in [7, 11) is 0. The van der Waals surface area contributed by atoms with Crippen molar-refractivity contribution in [2.45, 2.75) is 37.8 Å². The number of halogens is 2. The third-order valence-electron chi connectivity index (χ3n) is 6.25. The summed E-state index contributed by atoms with van der Waals surface area (Å²) < 4.78 is 32.4. The standard InChI is InChI=1S/C20H20F2N4O3/c21-14-16(24)13-17(26(9-2-3-9)7-11(19(13)27)20(28)29)15(22)18(14)25-5-8-1-4-12(23)10(8)6-25/h7,9,12H,1-6,23-24H2,(H,28,29). The minimum absolute atomic E-state index is 0.110. The van der Waals surface area contributed by atoms with Gasteiger partial charge < -0.3 is 26.0 Å². The van der Waals surface area contributed by atoms with Crippen molar-refractivity contribution in [2.75, 3.05) is 23.7 Å². The number of nitrogens with two attached hydrogens (primary N) is 2. The fourth-order valence-corrected chi connectivity index (χ4v) is 4.61. The second-order valence-corrected chi connectivity index (χ2v) is 8.06. The van der Waals surface area contributed by atoms with Crippen LogP contribution in [-0.4, -0.2) is 34.8 Å². The molecule has 2 aliphatic carbocycles. The first-order valence-corrected chi connectivity index (χ1v) is 9.59. The number of carboxylic acid groups (broad SMARTS) is 1. The van der Waals surface area contributed by atoms with Gasteiger partial charge in [-0.1, -0.05) is 0 Å². The van der Waals surface area contributed by atoms with Crippen LogP contribution < -0.4 is 21.8 Å². The smallest absolute Gasteiger partial charge is 0.341 e. The molecular weight excluding hydrogens is 382 g/mol. The Balaban J connectivity index is 1.76. The van der Waals surface area contributed by atoms with Gasteiger partial charge in [0.15, 0.2) is 11.6 Å². The van der Waals surface area contributed by atoms with Crippen molar-refractivity contribution in [1.29, 1.82) is 0 Å². The highest BCUT2D eigenvalue weighted by atomic mass is 19.1. The van der Waals surface area contributed by atoms with Gasteiger partial charge in [-0.15, -0.1) is 0 Å². The van der Waals surface area contributed by atoms with Gasteiger partial charge in [0.05, 0.1) is 16.6 Å². The van der Waals surface area contributed by atoms with Gasteiger partial charge in [-0.2, -0.15) is 0 Å². The normalized spacial score (nSPS) is 21.3. The summed E-state index contributed by atoms with van der Waals surface area (Å²) in [4.78, 5) is 25.7. The molecule has 152 valence electrons. The molecule has 5 rings (SSSR count). The Morgan fingerprint density at radius 1 is 1.17 bits per heavy atom. The zero-order valence-electron chi connectivity index (χ0n) is 15.5. The first-order chi connectivity index (χ1) is 13.8. The van der Waals surface area contributed by atoms with Crippen LogP contribution in [0.15, 0.2) is 22.1 Å². The van der Waals surface area contributed by atoms with E-state index in [2.05, 4.69) is 0 Å². The van der Waals surface area contributed by atoms with E-state index in [1.165, 1.54) is 4.57 Å². The largest absolute Gasteiger partial charge is 0.477 e. The number of carbonyl (C=O) groups is 1. The number of hydrogen-bond acceptors (Lipinski definition) is 5. The molecule has 0 spiro atoms. The van der Waals surface area contributed by atoms with E-state index in [9.17, 15) is 14.7 Å². The van der Waals surface area contributed by atoms with Crippen molar-refractivity contribution in [3.63, 3.8) is 0 Å². The van der Waals surface area contributed by atoms with Gasteiger partial charge >= 0.3 is 5.97 Å². The SMILES string of the molecule is Nc1c(F)c(N2CC3=C(C2)C(N)CC3)c(F)c2c1c(=O)c(C(=O)O)cn2C1CC1. The van der Waals surface area contributed by atoms with Crippen molar-refractivity contribution >= 4 is 28.2 Å². The lowest BCUT2D eigenvalue weighted by molar-refractivity contribution is 0.0695. The minimum atomic E-state index is -1.45. The predicted octanol–water partition coefficient (Wildman–Crippen LogP) is 2.13. The molecule has 0 amide bonds. The Morgan fingerprint density at radius 3 is 2.52 bits per heavy atom. The maximum Gasteiger partial charge on any atom is 0.341 e. The van der Waals surface area contributed by atoms with E-state index >= 15 is 8.78 Å². The number of hydrogen-bond donors (Lipinski definition) is 3. The number of benzene rings is 1. The van der Waals surface area contributed by atoms with Gasteiger partial charge in [-0.3, -0.25) is 4.79 Å². The molecular formula is C20H20F2N4O3. The van der Waals surface area contributed by atoms with E-state index in [0.717, 1.165) is 43.0 Å². The Kier molecular flexibility index (Phi) is 3.76. The van der Waals surface area contributed by atoms with Gasteiger partial charge in [0.2, 0.25) is 5.43 Å². The molecule has 29 heavy (non-hydrogen) atoms. The summed E-state index contributed by atoms with van der Waals surface area (Å²) >= 11 is 0. The molecule has 0 saturated heterocycles. The number of nitrogens with zero attached hydrogens (tertiary/aromatic N) is 2. The van der Waals surface area contributed by atoms with Gasteiger partial charge in [0.1, 0.15) is 11.3 Å². The third kappa shape index (κ3) is 2.50. The highest BCUT2D eigenvalue weighted by Gasteiger charge is 2.36. The number of pyridine rings is 1. The molecule has 5 N–H and O–H groups in total. The number of anilines is 2. The molecule has 1 fully saturated rings. The summed E-state index contributed by atoms with van der Waals surface area (Å²) in [6.07, 6.45) is 4.22. The van der Waals surface area contributed by atoms with Gasteiger partial charge in [0.25, 0.3) is 0 Å². The number of aromatic nitrogens is 1. The first kappa shape index (κ1) is 18.1. The van der Waals surface area contributed by atoms with Crippen LogP contribution in [0, 0.1) is 11.6 Å². The topological polar surface area (TPSA) is 115 Å². The fourth-order valence-electron chi connectivity index (χ4n) is 4.61. The molecule has 2 heterocycles. The molecule has 3 aliphatic rings. The van der Waals surface area contributed by atoms with Crippen LogP contribution in [0.2, 0.25) is 0 Å². The summed E-state index contributed by atoms with van der Waals surface area (Å²) in [5, 5.41) is 8.95. The Morgan fingerprint density at radius 2 is 1.90 bits per heavy atom. The monoisotopic (exact) mass is 402 g/mol. The summed E-state index contributed by atoms with van der Waals surface area (Å²) in [5.74, 6) is -3.38. The van der Waals surface area contributed by atoms with Crippen LogP contribution in [-0.2, 0) is 0 Å². The van der Waals surface area contributed by atoms with E-state index in [-0.39, 0.29) is 23.3 Å². The molecule has 1 saturated carbocycles. The fraction of sp³-hybridized carbons (Fsp3) is 0.400. The van der Waals surface area contributed by atoms with Crippen molar-refractivity contribution in [3.05, 3.63) is 44.8 Å². The van der Waals surface area contributed by atoms with Gasteiger partial charge in [-0.25, -0.2) is 13.6 Å². The molecule has 7 nitrogen and oxygen atoms in total. The van der Waals surface area contributed by atoms with E-state index in [4.69, 9.17) is 11.5 Å². The number of carboxylic acids is 1. The zero-order chi connectivity index (χ0) is 20.6. The number of nitrogen functional groups attached to an aromatic ring is 1. The second-order valence-electron chi connectivity index (χ2n) is 8.06. The van der Waals surface area contributed by atoms with Crippen LogP contribution in [0.5, 0.6) is 0 Å². The average Bonchev–Trinajstić information content (AvgIpc) is 3.34. The third-order valence-corrected chi connectivity index (χ3v) is 6.25. The molecule has 1 aromatic heterocycles. The molecule has 1 unspecified atom stereocenters. The molecule has 1 atom stereocenters. The molecule has 2 aromatic rings. The molecule has 9 heteroatoms. The maximum absolute atomic E-state index is 15.7. The number of fused-ring (bicyclic) bond motifs is 1. The summed E-state index contributed by atoms with van der Waals surface area (Å²) in [5.41, 5.74) is 11.7. The zero-order valence-corrected chi connectivity index (χ0v) is 15.5. The lowest BCUT2D eigenvalue weighted by atomic mass is 10.1. The van der Waals surface area contributed by atoms with Crippen LogP contribution >= 0.6 is 0 Å². The van der Waals surface area contributed by atoms with E-state index in [0.29, 0.717) is 13.1 Å². The summed E-state index contributed by atoms with van der Waals surface area (Å²) in [6, 6.07) is -0.250.